The van der Waals surface area contributed by atoms with Crippen LogP contribution in [0.1, 0.15) is 40.1 Å². The molecule has 32 heavy (non-hydrogen) atoms. The zero-order valence-corrected chi connectivity index (χ0v) is 19.6. The van der Waals surface area contributed by atoms with E-state index in [-0.39, 0.29) is 5.91 Å². The number of imidazole rings is 1. The Morgan fingerprint density at radius 3 is 2.56 bits per heavy atom. The van der Waals surface area contributed by atoms with Gasteiger partial charge in [-0.2, -0.15) is 0 Å². The molecule has 0 radical (unpaired) electrons. The first-order valence-corrected chi connectivity index (χ1v) is 11.9. The summed E-state index contributed by atoms with van der Waals surface area (Å²) in [6.07, 6.45) is 3.73. The van der Waals surface area contributed by atoms with Gasteiger partial charge in [-0.3, -0.25) is 9.36 Å². The van der Waals surface area contributed by atoms with E-state index >= 15 is 0 Å². The number of carbonyl (C=O) groups is 1. The first-order valence-electron chi connectivity index (χ1n) is 10.1. The topological polar surface area (TPSA) is 81.9 Å². The number of carbonyl (C=O) groups excluding carboxylic acids is 1. The van der Waals surface area contributed by atoms with E-state index in [1.54, 1.807) is 49.3 Å². The average molecular weight is 466 g/mol. The Balaban J connectivity index is 1.38. The molecule has 0 unspecified atom stereocenters. The molecule has 1 amide bonds. The van der Waals surface area contributed by atoms with Gasteiger partial charge in [0.1, 0.15) is 10.8 Å². The highest BCUT2D eigenvalue weighted by molar-refractivity contribution is 7.98. The summed E-state index contributed by atoms with van der Waals surface area (Å²) in [4.78, 5) is 16.9. The minimum atomic E-state index is -0.282. The van der Waals surface area contributed by atoms with E-state index in [1.807, 2.05) is 10.8 Å². The predicted octanol–water partition coefficient (Wildman–Crippen LogP) is 5.40. The van der Waals surface area contributed by atoms with E-state index in [9.17, 15) is 4.79 Å². The molecule has 4 aromatic rings. The van der Waals surface area contributed by atoms with Crippen molar-refractivity contribution in [3.63, 3.8) is 0 Å². The number of hydrogen-bond donors (Lipinski definition) is 1. The summed E-state index contributed by atoms with van der Waals surface area (Å²) >= 11 is 2.84. The zero-order chi connectivity index (χ0) is 22.5. The van der Waals surface area contributed by atoms with Crippen molar-refractivity contribution in [1.82, 2.24) is 19.7 Å². The Morgan fingerprint density at radius 1 is 1.12 bits per heavy atom. The van der Waals surface area contributed by atoms with Gasteiger partial charge < -0.3 is 10.1 Å². The highest BCUT2D eigenvalue weighted by atomic mass is 32.2. The molecular weight excluding hydrogens is 442 g/mol. The summed E-state index contributed by atoms with van der Waals surface area (Å²) in [6, 6.07) is 15.6. The minimum absolute atomic E-state index is 0.282. The van der Waals surface area contributed by atoms with Gasteiger partial charge in [0.2, 0.25) is 5.01 Å². The molecule has 1 N–H and O–H groups in total. The molecule has 0 saturated heterocycles. The van der Waals surface area contributed by atoms with Gasteiger partial charge >= 0.3 is 0 Å². The Labute approximate surface area is 194 Å². The molecule has 2 aromatic heterocycles. The lowest BCUT2D eigenvalue weighted by Gasteiger charge is -2.09. The molecule has 4 rings (SSSR count). The van der Waals surface area contributed by atoms with Gasteiger partial charge in [0, 0.05) is 23.8 Å². The second-order valence-corrected chi connectivity index (χ2v) is 9.30. The van der Waals surface area contributed by atoms with Crippen LogP contribution in [0.5, 0.6) is 5.75 Å². The summed E-state index contributed by atoms with van der Waals surface area (Å²) in [5.41, 5.74) is 3.04. The van der Waals surface area contributed by atoms with Crippen molar-refractivity contribution in [3.8, 4) is 11.4 Å². The Kier molecular flexibility index (Phi) is 6.87. The molecule has 0 saturated carbocycles. The zero-order valence-electron chi connectivity index (χ0n) is 18.0. The van der Waals surface area contributed by atoms with E-state index < -0.39 is 0 Å². The van der Waals surface area contributed by atoms with Crippen molar-refractivity contribution in [2.24, 2.45) is 0 Å². The molecule has 0 bridgehead atoms. The standard InChI is InChI=1S/C23H23N5O2S2/c1-15(2)16-4-8-18(9-5-16)28-13-12-24-23(28)31-14-20-26-27-22(32-20)21(29)25-17-6-10-19(30-3)11-7-17/h4-13,15H,14H2,1-3H3,(H,25,29). The summed E-state index contributed by atoms with van der Waals surface area (Å²) in [5.74, 6) is 1.52. The Bertz CT molecular complexity index is 1180. The van der Waals surface area contributed by atoms with Crippen molar-refractivity contribution in [1.29, 1.82) is 0 Å². The molecule has 7 nitrogen and oxygen atoms in total. The number of aromatic nitrogens is 4. The van der Waals surface area contributed by atoms with Crippen LogP contribution in [-0.4, -0.2) is 32.8 Å². The molecule has 9 heteroatoms. The maximum Gasteiger partial charge on any atom is 0.286 e. The lowest BCUT2D eigenvalue weighted by Crippen LogP contribution is -2.11. The predicted molar refractivity (Wildman–Crippen MR) is 128 cm³/mol. The molecule has 0 aliphatic heterocycles. The Hall–Kier alpha value is -3.17. The SMILES string of the molecule is COc1ccc(NC(=O)c2nnc(CSc3nccn3-c3ccc(C(C)C)cc3)s2)cc1. The Morgan fingerprint density at radius 2 is 1.88 bits per heavy atom. The van der Waals surface area contributed by atoms with E-state index in [2.05, 4.69) is 58.6 Å². The highest BCUT2D eigenvalue weighted by Crippen LogP contribution is 2.26. The fourth-order valence-corrected chi connectivity index (χ4v) is 4.70. The lowest BCUT2D eigenvalue weighted by molar-refractivity contribution is 0.102. The maximum absolute atomic E-state index is 12.5. The maximum atomic E-state index is 12.5. The third-order valence-corrected chi connectivity index (χ3v) is 6.86. The first-order chi connectivity index (χ1) is 15.5. The fraction of sp³-hybridized carbons (Fsp3) is 0.217. The van der Waals surface area contributed by atoms with Crippen molar-refractivity contribution in [2.75, 3.05) is 12.4 Å². The third kappa shape index (κ3) is 5.17. The van der Waals surface area contributed by atoms with Crippen molar-refractivity contribution >= 4 is 34.7 Å². The number of ether oxygens (including phenoxy) is 1. The largest absolute Gasteiger partial charge is 0.497 e. The minimum Gasteiger partial charge on any atom is -0.497 e. The van der Waals surface area contributed by atoms with Gasteiger partial charge in [-0.1, -0.05) is 49.1 Å². The number of methoxy groups -OCH3 is 1. The van der Waals surface area contributed by atoms with Crippen LogP contribution in [0.2, 0.25) is 0 Å². The molecule has 0 atom stereocenters. The molecule has 0 spiro atoms. The number of amides is 1. The van der Waals surface area contributed by atoms with Gasteiger partial charge in [-0.25, -0.2) is 4.98 Å². The molecular formula is C23H23N5O2S2. The van der Waals surface area contributed by atoms with E-state index in [1.165, 1.54) is 16.9 Å². The van der Waals surface area contributed by atoms with E-state index in [0.717, 1.165) is 21.6 Å². The molecule has 164 valence electrons. The van der Waals surface area contributed by atoms with Crippen LogP contribution < -0.4 is 10.1 Å². The normalized spacial score (nSPS) is 11.0. The monoisotopic (exact) mass is 465 g/mol. The molecule has 0 aliphatic carbocycles. The number of thioether (sulfide) groups is 1. The number of nitrogens with zero attached hydrogens (tertiary/aromatic N) is 4. The molecule has 0 fully saturated rings. The smallest absolute Gasteiger partial charge is 0.286 e. The van der Waals surface area contributed by atoms with Gasteiger partial charge in [-0.05, 0) is 47.9 Å². The second kappa shape index (κ2) is 9.97. The molecule has 2 heterocycles. The van der Waals surface area contributed by atoms with Crippen molar-refractivity contribution < 1.29 is 9.53 Å². The lowest BCUT2D eigenvalue weighted by atomic mass is 10.0. The van der Waals surface area contributed by atoms with Crippen LogP contribution in [0.3, 0.4) is 0 Å². The van der Waals surface area contributed by atoms with Crippen LogP contribution in [0.4, 0.5) is 5.69 Å². The van der Waals surface area contributed by atoms with E-state index in [4.69, 9.17) is 4.74 Å². The van der Waals surface area contributed by atoms with Crippen molar-refractivity contribution in [3.05, 3.63) is 76.5 Å². The average Bonchev–Trinajstić information content (AvgIpc) is 3.48. The number of anilines is 1. The number of benzene rings is 2. The number of nitrogens with one attached hydrogen (secondary N) is 1. The summed E-state index contributed by atoms with van der Waals surface area (Å²) in [5, 5.41) is 13.0. The first kappa shape index (κ1) is 22.0. The van der Waals surface area contributed by atoms with Crippen LogP contribution in [-0.2, 0) is 5.75 Å². The van der Waals surface area contributed by atoms with Crippen LogP contribution in [0, 0.1) is 0 Å². The van der Waals surface area contributed by atoms with Gasteiger partial charge in [0.05, 0.1) is 12.9 Å². The number of rotatable bonds is 8. The van der Waals surface area contributed by atoms with Gasteiger partial charge in [0.25, 0.3) is 5.91 Å². The number of hydrogen-bond acceptors (Lipinski definition) is 7. The van der Waals surface area contributed by atoms with Crippen LogP contribution in [0.15, 0.2) is 66.1 Å². The van der Waals surface area contributed by atoms with Gasteiger partial charge in [-0.15, -0.1) is 10.2 Å². The summed E-state index contributed by atoms with van der Waals surface area (Å²) < 4.78 is 7.18. The second-order valence-electron chi connectivity index (χ2n) is 7.30. The summed E-state index contributed by atoms with van der Waals surface area (Å²) in [7, 11) is 1.60. The summed E-state index contributed by atoms with van der Waals surface area (Å²) in [6.45, 7) is 4.36. The highest BCUT2D eigenvalue weighted by Gasteiger charge is 2.15. The quantitative estimate of drug-likeness (QED) is 0.351. The van der Waals surface area contributed by atoms with Crippen LogP contribution in [0.25, 0.3) is 5.69 Å². The molecule has 2 aromatic carbocycles. The van der Waals surface area contributed by atoms with E-state index in [0.29, 0.717) is 22.4 Å². The van der Waals surface area contributed by atoms with Crippen molar-refractivity contribution in [2.45, 2.75) is 30.7 Å². The van der Waals surface area contributed by atoms with Crippen LogP contribution >= 0.6 is 23.1 Å². The fourth-order valence-electron chi connectivity index (χ4n) is 3.00. The molecule has 0 aliphatic rings. The van der Waals surface area contributed by atoms with Gasteiger partial charge in [0.15, 0.2) is 5.16 Å². The third-order valence-electron chi connectivity index (χ3n) is 4.78.